The Balaban J connectivity index is 0.00000261. The lowest BCUT2D eigenvalue weighted by Crippen LogP contribution is -2.60. The highest BCUT2D eigenvalue weighted by Crippen LogP contribution is 2.41. The van der Waals surface area contributed by atoms with Crippen molar-refractivity contribution in [2.75, 3.05) is 39.0 Å². The van der Waals surface area contributed by atoms with Crippen molar-refractivity contribution in [3.05, 3.63) is 0 Å². The van der Waals surface area contributed by atoms with Crippen LogP contribution in [0.2, 0.25) is 0 Å². The van der Waals surface area contributed by atoms with E-state index in [1.807, 2.05) is 0 Å². The molecule has 0 atom stereocenters. The summed E-state index contributed by atoms with van der Waals surface area (Å²) in [6.07, 6.45) is 10.3. The van der Waals surface area contributed by atoms with Gasteiger partial charge in [0.25, 0.3) is 0 Å². The van der Waals surface area contributed by atoms with Gasteiger partial charge in [0, 0.05) is 33.3 Å². The van der Waals surface area contributed by atoms with Gasteiger partial charge >= 0.3 is 0 Å². The molecular formula is C19H36IN3O3S. The van der Waals surface area contributed by atoms with Crippen LogP contribution in [0.1, 0.15) is 64.2 Å². The first-order valence-electron chi connectivity index (χ1n) is 10.2. The number of aliphatic hydroxyl groups is 1. The third-order valence-corrected chi connectivity index (χ3v) is 9.55. The van der Waals surface area contributed by atoms with Gasteiger partial charge in [0.15, 0.2) is 15.8 Å². The number of hydrogen-bond acceptors (Lipinski definition) is 4. The molecule has 0 aromatic heterocycles. The van der Waals surface area contributed by atoms with Gasteiger partial charge in [-0.2, -0.15) is 0 Å². The van der Waals surface area contributed by atoms with Crippen LogP contribution in [-0.2, 0) is 9.84 Å². The third kappa shape index (κ3) is 4.91. The maximum Gasteiger partial charge on any atom is 0.193 e. The zero-order valence-corrected chi connectivity index (χ0v) is 19.7. The van der Waals surface area contributed by atoms with Gasteiger partial charge in [0.05, 0.1) is 10.5 Å². The van der Waals surface area contributed by atoms with E-state index in [0.29, 0.717) is 13.1 Å². The highest BCUT2D eigenvalue weighted by Gasteiger charge is 2.49. The molecule has 1 aliphatic heterocycles. The van der Waals surface area contributed by atoms with Crippen LogP contribution in [0.4, 0.5) is 0 Å². The number of aliphatic imine (C=N–C) groups is 1. The van der Waals surface area contributed by atoms with Crippen LogP contribution < -0.4 is 5.32 Å². The monoisotopic (exact) mass is 513 g/mol. The van der Waals surface area contributed by atoms with Crippen LogP contribution in [0.5, 0.6) is 0 Å². The topological polar surface area (TPSA) is 82.0 Å². The summed E-state index contributed by atoms with van der Waals surface area (Å²) in [6.45, 7) is 2.14. The molecule has 3 aliphatic rings. The number of halogens is 1. The summed E-state index contributed by atoms with van der Waals surface area (Å²) in [5.74, 6) is 1.06. The maximum absolute atomic E-state index is 12.8. The Hall–Kier alpha value is -0.0900. The molecule has 2 aliphatic carbocycles. The van der Waals surface area contributed by atoms with E-state index in [1.54, 1.807) is 7.05 Å². The van der Waals surface area contributed by atoms with Crippen molar-refractivity contribution in [3.63, 3.8) is 0 Å². The van der Waals surface area contributed by atoms with Gasteiger partial charge in [0.2, 0.25) is 0 Å². The first-order chi connectivity index (χ1) is 12.5. The second kappa shape index (κ2) is 9.61. The van der Waals surface area contributed by atoms with Crippen LogP contribution >= 0.6 is 24.0 Å². The van der Waals surface area contributed by atoms with E-state index in [-0.39, 0.29) is 41.8 Å². The molecule has 2 saturated carbocycles. The maximum atomic E-state index is 12.8. The number of aliphatic hydroxyl groups excluding tert-OH is 1. The van der Waals surface area contributed by atoms with Crippen molar-refractivity contribution >= 4 is 39.8 Å². The van der Waals surface area contributed by atoms with Gasteiger partial charge in [-0.1, -0.05) is 32.1 Å². The Morgan fingerprint density at radius 2 is 1.74 bits per heavy atom. The van der Waals surface area contributed by atoms with Gasteiger partial charge in [-0.3, -0.25) is 4.99 Å². The van der Waals surface area contributed by atoms with E-state index in [9.17, 15) is 13.5 Å². The first-order valence-corrected chi connectivity index (χ1v) is 11.9. The molecule has 1 heterocycles. The Kier molecular flexibility index (Phi) is 8.25. The standard InChI is InChI=1S/C19H35N3O3S.HI/c1-20-17(21-15-18(11-13-23)7-5-6-8-18)22-12-14-26(24,25)19(16-22)9-3-2-4-10-19;/h23H,2-16H2,1H3,(H,20,21);1H. The smallest absolute Gasteiger partial charge is 0.193 e. The summed E-state index contributed by atoms with van der Waals surface area (Å²) in [7, 11) is -1.25. The molecule has 0 aromatic carbocycles. The second-order valence-electron chi connectivity index (χ2n) is 8.57. The fourth-order valence-electron chi connectivity index (χ4n) is 5.29. The molecule has 6 nitrogen and oxygen atoms in total. The van der Waals surface area contributed by atoms with Crippen molar-refractivity contribution in [2.24, 2.45) is 10.4 Å². The average Bonchev–Trinajstić information content (AvgIpc) is 3.09. The van der Waals surface area contributed by atoms with Gasteiger partial charge < -0.3 is 15.3 Å². The fraction of sp³-hybridized carbons (Fsp3) is 0.947. The summed E-state index contributed by atoms with van der Waals surface area (Å²) in [5, 5.41) is 13.0. The zero-order valence-electron chi connectivity index (χ0n) is 16.6. The van der Waals surface area contributed by atoms with E-state index in [2.05, 4.69) is 15.2 Å². The third-order valence-electron chi connectivity index (χ3n) is 6.97. The van der Waals surface area contributed by atoms with Crippen molar-refractivity contribution in [3.8, 4) is 0 Å². The lowest BCUT2D eigenvalue weighted by molar-refractivity contribution is 0.183. The Bertz CT molecular complexity index is 612. The summed E-state index contributed by atoms with van der Waals surface area (Å²) < 4.78 is 25.0. The van der Waals surface area contributed by atoms with Crippen molar-refractivity contribution in [1.29, 1.82) is 0 Å². The zero-order chi connectivity index (χ0) is 18.7. The van der Waals surface area contributed by atoms with E-state index < -0.39 is 14.6 Å². The molecule has 158 valence electrons. The number of guanidine groups is 1. The van der Waals surface area contributed by atoms with E-state index in [1.165, 1.54) is 12.8 Å². The number of rotatable bonds is 4. The predicted molar refractivity (Wildman–Crippen MR) is 121 cm³/mol. The number of sulfone groups is 1. The minimum atomic E-state index is -3.03. The van der Waals surface area contributed by atoms with Gasteiger partial charge in [0.1, 0.15) is 0 Å². The Morgan fingerprint density at radius 3 is 2.33 bits per heavy atom. The highest BCUT2D eigenvalue weighted by atomic mass is 127. The highest BCUT2D eigenvalue weighted by molar-refractivity contribution is 14.0. The molecule has 3 rings (SSSR count). The first kappa shape index (κ1) is 23.2. The van der Waals surface area contributed by atoms with Crippen molar-refractivity contribution in [1.82, 2.24) is 10.2 Å². The van der Waals surface area contributed by atoms with E-state index in [0.717, 1.165) is 63.9 Å². The second-order valence-corrected chi connectivity index (χ2v) is 11.1. The van der Waals surface area contributed by atoms with Crippen LogP contribution in [0.15, 0.2) is 4.99 Å². The molecule has 1 spiro atoms. The van der Waals surface area contributed by atoms with Gasteiger partial charge in [-0.25, -0.2) is 8.42 Å². The summed E-state index contributed by atoms with van der Waals surface area (Å²) in [5.41, 5.74) is 0.162. The molecule has 0 bridgehead atoms. The molecule has 2 N–H and O–H groups in total. The minimum Gasteiger partial charge on any atom is -0.396 e. The molecule has 0 amide bonds. The molecule has 0 radical (unpaired) electrons. The SMILES string of the molecule is CN=C(NCC1(CCO)CCCC1)N1CCS(=O)(=O)C2(CCCCC2)C1.I. The number of nitrogens with one attached hydrogen (secondary N) is 1. The van der Waals surface area contributed by atoms with E-state index in [4.69, 9.17) is 0 Å². The molecule has 3 fully saturated rings. The lowest BCUT2D eigenvalue weighted by atomic mass is 9.83. The lowest BCUT2D eigenvalue weighted by Gasteiger charge is -2.45. The summed E-state index contributed by atoms with van der Waals surface area (Å²) in [6, 6.07) is 0. The van der Waals surface area contributed by atoms with Gasteiger partial charge in [-0.15, -0.1) is 24.0 Å². The average molecular weight is 513 g/mol. The van der Waals surface area contributed by atoms with Crippen LogP contribution in [-0.4, -0.2) is 68.2 Å². The Morgan fingerprint density at radius 1 is 1.11 bits per heavy atom. The summed E-state index contributed by atoms with van der Waals surface area (Å²) >= 11 is 0. The number of nitrogens with zero attached hydrogens (tertiary/aromatic N) is 2. The normalized spacial score (nSPS) is 26.6. The molecular weight excluding hydrogens is 477 g/mol. The van der Waals surface area contributed by atoms with Crippen LogP contribution in [0.3, 0.4) is 0 Å². The van der Waals surface area contributed by atoms with Crippen LogP contribution in [0, 0.1) is 5.41 Å². The van der Waals surface area contributed by atoms with E-state index >= 15 is 0 Å². The largest absolute Gasteiger partial charge is 0.396 e. The molecule has 0 unspecified atom stereocenters. The molecule has 0 aromatic rings. The molecule has 27 heavy (non-hydrogen) atoms. The van der Waals surface area contributed by atoms with Gasteiger partial charge in [-0.05, 0) is 37.5 Å². The van der Waals surface area contributed by atoms with Crippen molar-refractivity contribution in [2.45, 2.75) is 69.0 Å². The Labute approximate surface area is 181 Å². The molecule has 1 saturated heterocycles. The quantitative estimate of drug-likeness (QED) is 0.343. The minimum absolute atomic E-state index is 0. The number of hydrogen-bond donors (Lipinski definition) is 2. The predicted octanol–water partition coefficient (Wildman–Crippen LogP) is 2.56. The van der Waals surface area contributed by atoms with Crippen molar-refractivity contribution < 1.29 is 13.5 Å². The fourth-order valence-corrected chi connectivity index (χ4v) is 7.45. The summed E-state index contributed by atoms with van der Waals surface area (Å²) in [4.78, 5) is 6.62. The van der Waals surface area contributed by atoms with Crippen LogP contribution in [0.25, 0.3) is 0 Å². The molecule has 8 heteroatoms.